The number of para-hydroxylation sites is 1. The highest BCUT2D eigenvalue weighted by molar-refractivity contribution is 6.05. The van der Waals surface area contributed by atoms with E-state index in [1.54, 1.807) is 10.9 Å². The molecule has 1 aliphatic carbocycles. The number of carbonyl (C=O) groups excluding carboxylic acids is 1. The molecule has 22 heavy (non-hydrogen) atoms. The van der Waals surface area contributed by atoms with Crippen LogP contribution in [0.4, 0.5) is 5.69 Å². The number of aryl methyl sites for hydroxylation is 1. The summed E-state index contributed by atoms with van der Waals surface area (Å²) in [5.74, 6) is 0.754. The molecule has 1 N–H and O–H groups in total. The van der Waals surface area contributed by atoms with Crippen molar-refractivity contribution in [1.82, 2.24) is 9.78 Å². The summed E-state index contributed by atoms with van der Waals surface area (Å²) in [5, 5.41) is 7.11. The molecule has 0 spiro atoms. The highest BCUT2D eigenvalue weighted by atomic mass is 16.1. The molecule has 0 radical (unpaired) electrons. The Hall–Kier alpha value is -2.36. The van der Waals surface area contributed by atoms with E-state index in [1.807, 2.05) is 38.2 Å². The van der Waals surface area contributed by atoms with Gasteiger partial charge in [0.05, 0.1) is 11.8 Å². The fourth-order valence-corrected chi connectivity index (χ4v) is 2.41. The van der Waals surface area contributed by atoms with Gasteiger partial charge in [-0.05, 0) is 43.7 Å². The van der Waals surface area contributed by atoms with Crippen molar-refractivity contribution >= 4 is 17.7 Å². The van der Waals surface area contributed by atoms with E-state index in [0.29, 0.717) is 5.56 Å². The maximum Gasteiger partial charge on any atom is 0.259 e. The zero-order valence-corrected chi connectivity index (χ0v) is 13.0. The van der Waals surface area contributed by atoms with Crippen molar-refractivity contribution in [1.29, 1.82) is 0 Å². The number of nitrogens with one attached hydrogen (secondary N) is 1. The molecule has 0 aliphatic heterocycles. The van der Waals surface area contributed by atoms with Gasteiger partial charge in [-0.25, -0.2) is 0 Å². The topological polar surface area (TPSA) is 46.9 Å². The van der Waals surface area contributed by atoms with Crippen LogP contribution in [-0.2, 0) is 7.05 Å². The highest BCUT2D eigenvalue weighted by Crippen LogP contribution is 2.33. The van der Waals surface area contributed by atoms with E-state index >= 15 is 0 Å². The molecule has 4 nitrogen and oxygen atoms in total. The molecular weight excluding hydrogens is 274 g/mol. The summed E-state index contributed by atoms with van der Waals surface area (Å²) in [6, 6.07) is 7.88. The van der Waals surface area contributed by atoms with Gasteiger partial charge in [0.1, 0.15) is 0 Å². The first kappa shape index (κ1) is 14.6. The number of nitrogens with zero attached hydrogens (tertiary/aromatic N) is 2. The Morgan fingerprint density at radius 3 is 2.86 bits per heavy atom. The number of aromatic nitrogens is 2. The molecule has 0 saturated heterocycles. The Balaban J connectivity index is 1.75. The Kier molecular flexibility index (Phi) is 4.09. The van der Waals surface area contributed by atoms with Gasteiger partial charge in [0.15, 0.2) is 0 Å². The fourth-order valence-electron chi connectivity index (χ4n) is 2.41. The molecule has 4 heteroatoms. The van der Waals surface area contributed by atoms with E-state index in [9.17, 15) is 4.79 Å². The molecule has 114 valence electrons. The van der Waals surface area contributed by atoms with Crippen LogP contribution in [-0.4, -0.2) is 15.7 Å². The Morgan fingerprint density at radius 2 is 2.18 bits per heavy atom. The van der Waals surface area contributed by atoms with E-state index in [-0.39, 0.29) is 5.91 Å². The minimum atomic E-state index is -0.117. The lowest BCUT2D eigenvalue weighted by Gasteiger charge is -2.08. The van der Waals surface area contributed by atoms with Crippen molar-refractivity contribution in [3.63, 3.8) is 0 Å². The SMILES string of the molecule is Cc1c(C(=O)Nc2ccccc2/C=C\CC2CC2)cnn1C. The molecule has 1 aromatic heterocycles. The zero-order valence-electron chi connectivity index (χ0n) is 13.0. The number of carbonyl (C=O) groups is 1. The van der Waals surface area contributed by atoms with E-state index in [1.165, 1.54) is 12.8 Å². The molecule has 1 aliphatic rings. The van der Waals surface area contributed by atoms with Crippen molar-refractivity contribution < 1.29 is 4.79 Å². The lowest BCUT2D eigenvalue weighted by Crippen LogP contribution is -2.13. The first-order chi connectivity index (χ1) is 10.6. The third kappa shape index (κ3) is 3.27. The Bertz CT molecular complexity index is 711. The minimum absolute atomic E-state index is 0.117. The summed E-state index contributed by atoms with van der Waals surface area (Å²) in [4.78, 5) is 12.4. The molecule has 1 saturated carbocycles. The summed E-state index contributed by atoms with van der Waals surface area (Å²) < 4.78 is 1.70. The Morgan fingerprint density at radius 1 is 1.41 bits per heavy atom. The van der Waals surface area contributed by atoms with Crippen molar-refractivity contribution in [3.05, 3.63) is 53.4 Å². The standard InChI is InChI=1S/C18H21N3O/c1-13-16(12-19-21(13)2)18(22)20-17-9-4-3-7-15(17)8-5-6-14-10-11-14/h3-5,7-9,12,14H,6,10-11H2,1-2H3,(H,20,22)/b8-5-. The zero-order chi connectivity index (χ0) is 15.5. The quantitative estimate of drug-likeness (QED) is 0.912. The van der Waals surface area contributed by atoms with Gasteiger partial charge in [0, 0.05) is 18.4 Å². The number of anilines is 1. The van der Waals surface area contributed by atoms with Gasteiger partial charge in [-0.1, -0.05) is 30.4 Å². The maximum absolute atomic E-state index is 12.4. The summed E-state index contributed by atoms with van der Waals surface area (Å²) in [6.07, 6.45) is 9.74. The summed E-state index contributed by atoms with van der Waals surface area (Å²) in [5.41, 5.74) is 3.35. The van der Waals surface area contributed by atoms with E-state index in [4.69, 9.17) is 0 Å². The van der Waals surface area contributed by atoms with Gasteiger partial charge in [-0.2, -0.15) is 5.10 Å². The molecule has 1 aromatic carbocycles. The number of hydrogen-bond donors (Lipinski definition) is 1. The second-order valence-electron chi connectivity index (χ2n) is 5.89. The highest BCUT2D eigenvalue weighted by Gasteiger charge is 2.19. The largest absolute Gasteiger partial charge is 0.321 e. The molecule has 3 rings (SSSR count). The minimum Gasteiger partial charge on any atom is -0.321 e. The molecular formula is C18H21N3O. The lowest BCUT2D eigenvalue weighted by atomic mass is 10.1. The van der Waals surface area contributed by atoms with Crippen LogP contribution in [0.5, 0.6) is 0 Å². The number of rotatable bonds is 5. The first-order valence-corrected chi connectivity index (χ1v) is 7.70. The van der Waals surface area contributed by atoms with Gasteiger partial charge in [-0.15, -0.1) is 0 Å². The van der Waals surface area contributed by atoms with Crippen LogP contribution >= 0.6 is 0 Å². The summed E-state index contributed by atoms with van der Waals surface area (Å²) in [6.45, 7) is 1.89. The van der Waals surface area contributed by atoms with Crippen LogP contribution in [0, 0.1) is 12.8 Å². The summed E-state index contributed by atoms with van der Waals surface area (Å²) >= 11 is 0. The Labute approximate surface area is 130 Å². The van der Waals surface area contributed by atoms with Crippen molar-refractivity contribution in [3.8, 4) is 0 Å². The van der Waals surface area contributed by atoms with Gasteiger partial charge in [-0.3, -0.25) is 9.48 Å². The fraction of sp³-hybridized carbons (Fsp3) is 0.333. The molecule has 1 heterocycles. The predicted molar refractivity (Wildman–Crippen MR) is 88.7 cm³/mol. The normalized spacial score (nSPS) is 14.5. The third-order valence-corrected chi connectivity index (χ3v) is 4.15. The van der Waals surface area contributed by atoms with Crippen molar-refractivity contribution in [2.24, 2.45) is 13.0 Å². The number of hydrogen-bond acceptors (Lipinski definition) is 2. The maximum atomic E-state index is 12.4. The van der Waals surface area contributed by atoms with Crippen LogP contribution < -0.4 is 5.32 Å². The average molecular weight is 295 g/mol. The lowest BCUT2D eigenvalue weighted by molar-refractivity contribution is 0.102. The van der Waals surface area contributed by atoms with Gasteiger partial charge in [0.2, 0.25) is 0 Å². The molecule has 0 unspecified atom stereocenters. The van der Waals surface area contributed by atoms with Gasteiger partial charge < -0.3 is 5.32 Å². The van der Waals surface area contributed by atoms with E-state index < -0.39 is 0 Å². The number of benzene rings is 1. The van der Waals surface area contributed by atoms with Gasteiger partial charge >= 0.3 is 0 Å². The van der Waals surface area contributed by atoms with Crippen LogP contribution in [0.25, 0.3) is 6.08 Å². The average Bonchev–Trinajstić information content (AvgIpc) is 3.27. The van der Waals surface area contributed by atoms with Crippen molar-refractivity contribution in [2.75, 3.05) is 5.32 Å². The third-order valence-electron chi connectivity index (χ3n) is 4.15. The predicted octanol–water partition coefficient (Wildman–Crippen LogP) is 3.79. The first-order valence-electron chi connectivity index (χ1n) is 7.70. The van der Waals surface area contributed by atoms with Crippen LogP contribution in [0.3, 0.4) is 0 Å². The van der Waals surface area contributed by atoms with E-state index in [0.717, 1.165) is 29.3 Å². The number of amides is 1. The molecule has 1 fully saturated rings. The smallest absolute Gasteiger partial charge is 0.259 e. The molecule has 1 amide bonds. The van der Waals surface area contributed by atoms with E-state index in [2.05, 4.69) is 22.6 Å². The van der Waals surface area contributed by atoms with Gasteiger partial charge in [0.25, 0.3) is 5.91 Å². The van der Waals surface area contributed by atoms with Crippen LogP contribution in [0.2, 0.25) is 0 Å². The monoisotopic (exact) mass is 295 g/mol. The second kappa shape index (κ2) is 6.18. The molecule has 2 aromatic rings. The van der Waals surface area contributed by atoms with Crippen LogP contribution in [0.15, 0.2) is 36.5 Å². The van der Waals surface area contributed by atoms with Crippen molar-refractivity contribution in [2.45, 2.75) is 26.2 Å². The molecule has 0 bridgehead atoms. The second-order valence-corrected chi connectivity index (χ2v) is 5.89. The summed E-state index contributed by atoms with van der Waals surface area (Å²) in [7, 11) is 1.83. The molecule has 0 atom stereocenters. The van der Waals surface area contributed by atoms with Crippen LogP contribution in [0.1, 0.15) is 40.9 Å². The number of allylic oxidation sites excluding steroid dienone is 1.